The Kier molecular flexibility index (Phi) is 6.35. The van der Waals surface area contributed by atoms with Gasteiger partial charge >= 0.3 is 12.0 Å². The molecule has 0 aliphatic carbocycles. The van der Waals surface area contributed by atoms with Crippen molar-refractivity contribution in [3.8, 4) is 0 Å². The maximum atomic E-state index is 11.7. The molecule has 0 bridgehead atoms. The molecule has 1 N–H and O–H groups in total. The number of ether oxygens (including phenoxy) is 1. The second kappa shape index (κ2) is 7.78. The van der Waals surface area contributed by atoms with Gasteiger partial charge in [0.25, 0.3) is 0 Å². The molecule has 6 heteroatoms. The highest BCUT2D eigenvalue weighted by atomic mass is 79.9. The summed E-state index contributed by atoms with van der Waals surface area (Å²) < 4.78 is 5.72. The summed E-state index contributed by atoms with van der Waals surface area (Å²) >= 11 is 3.35. The summed E-state index contributed by atoms with van der Waals surface area (Å²) in [6, 6.07) is 7.38. The lowest BCUT2D eigenvalue weighted by atomic mass is 10.2. The average molecular weight is 329 g/mol. The van der Waals surface area contributed by atoms with Gasteiger partial charge in [-0.25, -0.2) is 4.79 Å². The lowest BCUT2D eigenvalue weighted by Crippen LogP contribution is -2.39. The van der Waals surface area contributed by atoms with Crippen LogP contribution in [0.15, 0.2) is 28.7 Å². The number of nitrogens with one attached hydrogen (secondary N) is 1. The number of nitrogens with zero attached hydrogens (tertiary/aromatic N) is 1. The van der Waals surface area contributed by atoms with Gasteiger partial charge in [-0.05, 0) is 24.6 Å². The molecule has 1 rings (SSSR count). The number of hydrogen-bond acceptors (Lipinski definition) is 3. The summed E-state index contributed by atoms with van der Waals surface area (Å²) in [5.41, 5.74) is 1.01. The number of carbonyl (C=O) groups is 2. The molecule has 5 nitrogen and oxygen atoms in total. The Morgan fingerprint density at radius 3 is 2.53 bits per heavy atom. The number of rotatable bonds is 5. The summed E-state index contributed by atoms with van der Waals surface area (Å²) in [5.74, 6) is -0.437. The van der Waals surface area contributed by atoms with E-state index in [9.17, 15) is 9.59 Å². The highest BCUT2D eigenvalue weighted by Crippen LogP contribution is 2.11. The first-order chi connectivity index (χ1) is 9.02. The highest BCUT2D eigenvalue weighted by Gasteiger charge is 2.10. The minimum absolute atomic E-state index is 0.114. The number of amides is 2. The van der Waals surface area contributed by atoms with Crippen LogP contribution in [0, 0.1) is 0 Å². The molecule has 0 unspecified atom stereocenters. The van der Waals surface area contributed by atoms with E-state index < -0.39 is 5.97 Å². The van der Waals surface area contributed by atoms with Crippen molar-refractivity contribution in [2.75, 3.05) is 20.2 Å². The monoisotopic (exact) mass is 328 g/mol. The van der Waals surface area contributed by atoms with Crippen LogP contribution in [-0.2, 0) is 16.1 Å². The van der Waals surface area contributed by atoms with Crippen LogP contribution in [0.2, 0.25) is 0 Å². The molecule has 0 aliphatic rings. The molecule has 2 amide bonds. The molecular formula is C13H17BrN2O3. The average Bonchev–Trinajstić information content (AvgIpc) is 2.39. The molecule has 104 valence electrons. The van der Waals surface area contributed by atoms with Gasteiger partial charge < -0.3 is 15.0 Å². The molecule has 0 spiro atoms. The number of urea groups is 1. The van der Waals surface area contributed by atoms with Gasteiger partial charge in [0, 0.05) is 18.1 Å². The zero-order valence-electron chi connectivity index (χ0n) is 11.0. The fourth-order valence-electron chi connectivity index (χ4n) is 1.43. The van der Waals surface area contributed by atoms with Crippen molar-refractivity contribution in [3.63, 3.8) is 0 Å². The van der Waals surface area contributed by atoms with Crippen molar-refractivity contribution in [3.05, 3.63) is 34.3 Å². The Bertz CT molecular complexity index is 434. The SMILES string of the molecule is CCOC(=O)CNC(=O)N(C)Cc1ccc(Br)cc1. The van der Waals surface area contributed by atoms with E-state index in [0.29, 0.717) is 13.2 Å². The van der Waals surface area contributed by atoms with Crippen LogP contribution >= 0.6 is 15.9 Å². The van der Waals surface area contributed by atoms with Gasteiger partial charge in [0.1, 0.15) is 6.54 Å². The molecule has 0 aliphatic heterocycles. The topological polar surface area (TPSA) is 58.6 Å². The standard InChI is InChI=1S/C13H17BrN2O3/c1-3-19-12(17)8-15-13(18)16(2)9-10-4-6-11(14)7-5-10/h4-7H,3,8-9H2,1-2H3,(H,15,18). The van der Waals surface area contributed by atoms with Crippen LogP contribution in [-0.4, -0.2) is 37.1 Å². The summed E-state index contributed by atoms with van der Waals surface area (Å²) in [4.78, 5) is 24.3. The van der Waals surface area contributed by atoms with Crippen LogP contribution in [0.4, 0.5) is 4.79 Å². The van der Waals surface area contributed by atoms with E-state index >= 15 is 0 Å². The molecule has 0 radical (unpaired) electrons. The molecule has 0 aromatic heterocycles. The zero-order chi connectivity index (χ0) is 14.3. The first-order valence-electron chi connectivity index (χ1n) is 5.92. The van der Waals surface area contributed by atoms with Gasteiger partial charge in [0.05, 0.1) is 6.61 Å². The molecule has 0 atom stereocenters. The van der Waals surface area contributed by atoms with Gasteiger partial charge in [-0.1, -0.05) is 28.1 Å². The van der Waals surface area contributed by atoms with E-state index in [1.165, 1.54) is 4.90 Å². The molecule has 0 saturated carbocycles. The quantitative estimate of drug-likeness (QED) is 0.842. The van der Waals surface area contributed by atoms with Crippen molar-refractivity contribution in [2.45, 2.75) is 13.5 Å². The summed E-state index contributed by atoms with van der Waals surface area (Å²) in [6.07, 6.45) is 0. The fourth-order valence-corrected chi connectivity index (χ4v) is 1.69. The predicted octanol–water partition coefficient (Wildman–Crippen LogP) is 2.15. The van der Waals surface area contributed by atoms with Crippen molar-refractivity contribution in [2.24, 2.45) is 0 Å². The third-order valence-electron chi connectivity index (χ3n) is 2.37. The van der Waals surface area contributed by atoms with Gasteiger partial charge in [0.15, 0.2) is 0 Å². The first-order valence-corrected chi connectivity index (χ1v) is 6.71. The van der Waals surface area contributed by atoms with E-state index in [4.69, 9.17) is 4.74 Å². The Balaban J connectivity index is 2.40. The Labute approximate surface area is 121 Å². The van der Waals surface area contributed by atoms with E-state index in [-0.39, 0.29) is 12.6 Å². The van der Waals surface area contributed by atoms with Crippen LogP contribution in [0.5, 0.6) is 0 Å². The Hall–Kier alpha value is -1.56. The van der Waals surface area contributed by atoms with Crippen molar-refractivity contribution < 1.29 is 14.3 Å². The number of carbonyl (C=O) groups excluding carboxylic acids is 2. The van der Waals surface area contributed by atoms with Crippen molar-refractivity contribution in [1.29, 1.82) is 0 Å². The van der Waals surface area contributed by atoms with Gasteiger partial charge in [-0.2, -0.15) is 0 Å². The molecule has 19 heavy (non-hydrogen) atoms. The normalized spacial score (nSPS) is 9.84. The molecular weight excluding hydrogens is 312 g/mol. The van der Waals surface area contributed by atoms with Crippen LogP contribution in [0.25, 0.3) is 0 Å². The number of hydrogen-bond donors (Lipinski definition) is 1. The molecule has 0 saturated heterocycles. The smallest absolute Gasteiger partial charge is 0.325 e. The van der Waals surface area contributed by atoms with Crippen LogP contribution in [0.1, 0.15) is 12.5 Å². The number of benzene rings is 1. The van der Waals surface area contributed by atoms with E-state index in [0.717, 1.165) is 10.0 Å². The molecule has 1 aromatic rings. The highest BCUT2D eigenvalue weighted by molar-refractivity contribution is 9.10. The molecule has 0 heterocycles. The predicted molar refractivity (Wildman–Crippen MR) is 75.6 cm³/mol. The number of esters is 1. The van der Waals surface area contributed by atoms with Crippen LogP contribution in [0.3, 0.4) is 0 Å². The van der Waals surface area contributed by atoms with Gasteiger partial charge in [-0.3, -0.25) is 4.79 Å². The minimum atomic E-state index is -0.437. The second-order valence-corrected chi connectivity index (χ2v) is 4.86. The van der Waals surface area contributed by atoms with E-state index in [1.807, 2.05) is 24.3 Å². The Morgan fingerprint density at radius 1 is 1.32 bits per heavy atom. The minimum Gasteiger partial charge on any atom is -0.465 e. The summed E-state index contributed by atoms with van der Waals surface area (Å²) in [7, 11) is 1.67. The summed E-state index contributed by atoms with van der Waals surface area (Å²) in [5, 5.41) is 2.50. The molecule has 0 fully saturated rings. The largest absolute Gasteiger partial charge is 0.465 e. The summed E-state index contributed by atoms with van der Waals surface area (Å²) in [6.45, 7) is 2.39. The van der Waals surface area contributed by atoms with Crippen LogP contribution < -0.4 is 5.32 Å². The maximum Gasteiger partial charge on any atom is 0.325 e. The molecule has 1 aromatic carbocycles. The lowest BCUT2D eigenvalue weighted by molar-refractivity contribution is -0.141. The third-order valence-corrected chi connectivity index (χ3v) is 2.90. The Morgan fingerprint density at radius 2 is 1.95 bits per heavy atom. The second-order valence-electron chi connectivity index (χ2n) is 3.95. The fraction of sp³-hybridized carbons (Fsp3) is 0.385. The van der Waals surface area contributed by atoms with E-state index in [2.05, 4.69) is 21.2 Å². The first kappa shape index (κ1) is 15.5. The zero-order valence-corrected chi connectivity index (χ0v) is 12.6. The van der Waals surface area contributed by atoms with Gasteiger partial charge in [0.2, 0.25) is 0 Å². The van der Waals surface area contributed by atoms with Gasteiger partial charge in [-0.15, -0.1) is 0 Å². The third kappa shape index (κ3) is 5.74. The van der Waals surface area contributed by atoms with Crippen molar-refractivity contribution in [1.82, 2.24) is 10.2 Å². The number of halogens is 1. The van der Waals surface area contributed by atoms with E-state index in [1.54, 1.807) is 14.0 Å². The van der Waals surface area contributed by atoms with Crippen molar-refractivity contribution >= 4 is 27.9 Å². The maximum absolute atomic E-state index is 11.7. The lowest BCUT2D eigenvalue weighted by Gasteiger charge is -2.17.